The highest BCUT2D eigenvalue weighted by atomic mass is 16.2. The Morgan fingerprint density at radius 2 is 2.00 bits per heavy atom. The van der Waals surface area contributed by atoms with Crippen LogP contribution in [0.1, 0.15) is 12.5 Å². The molecule has 0 aromatic carbocycles. The van der Waals surface area contributed by atoms with Gasteiger partial charge in [-0.3, -0.25) is 18.6 Å². The van der Waals surface area contributed by atoms with Gasteiger partial charge in [-0.25, -0.2) is 9.78 Å². The topological polar surface area (TPSA) is 91.7 Å². The fraction of sp³-hybridized carbons (Fsp3) is 0.500. The summed E-state index contributed by atoms with van der Waals surface area (Å²) in [7, 11) is 3.10. The van der Waals surface area contributed by atoms with Gasteiger partial charge in [0.05, 0.1) is 19.1 Å². The second-order valence-electron chi connectivity index (χ2n) is 6.41. The van der Waals surface area contributed by atoms with Crippen molar-refractivity contribution in [2.24, 2.45) is 14.1 Å². The molecule has 0 aliphatic heterocycles. The average Bonchev–Trinajstić information content (AvgIpc) is 3.17. The number of aryl methyl sites for hydroxylation is 2. The molecule has 9 heteroatoms. The SMILES string of the molecule is Cc1cnn(C[C@H](C)NCCn2cnc3c2c(=O)n(C)c(=O)n3C)c1. The lowest BCUT2D eigenvalue weighted by Crippen LogP contribution is -2.38. The number of imidazole rings is 1. The number of fused-ring (bicyclic) bond motifs is 1. The van der Waals surface area contributed by atoms with Crippen LogP contribution in [0.2, 0.25) is 0 Å². The van der Waals surface area contributed by atoms with Crippen LogP contribution in [0.5, 0.6) is 0 Å². The average molecular weight is 345 g/mol. The fourth-order valence-corrected chi connectivity index (χ4v) is 2.91. The van der Waals surface area contributed by atoms with E-state index in [9.17, 15) is 9.59 Å². The van der Waals surface area contributed by atoms with Gasteiger partial charge in [-0.2, -0.15) is 5.10 Å². The van der Waals surface area contributed by atoms with Crippen LogP contribution in [0.25, 0.3) is 11.2 Å². The van der Waals surface area contributed by atoms with Crippen molar-refractivity contribution in [3.63, 3.8) is 0 Å². The predicted molar refractivity (Wildman–Crippen MR) is 94.6 cm³/mol. The molecular weight excluding hydrogens is 322 g/mol. The molecule has 0 amide bonds. The first kappa shape index (κ1) is 17.2. The van der Waals surface area contributed by atoms with Crippen molar-refractivity contribution in [3.8, 4) is 0 Å². The van der Waals surface area contributed by atoms with E-state index in [1.165, 1.54) is 11.6 Å². The molecule has 0 aliphatic carbocycles. The quantitative estimate of drug-likeness (QED) is 0.657. The van der Waals surface area contributed by atoms with E-state index in [-0.39, 0.29) is 17.3 Å². The summed E-state index contributed by atoms with van der Waals surface area (Å²) in [5, 5.41) is 7.70. The lowest BCUT2D eigenvalue weighted by atomic mass is 10.3. The first-order valence-corrected chi connectivity index (χ1v) is 8.21. The molecule has 3 heterocycles. The summed E-state index contributed by atoms with van der Waals surface area (Å²) in [4.78, 5) is 28.5. The van der Waals surface area contributed by atoms with Crippen molar-refractivity contribution in [2.45, 2.75) is 33.0 Å². The number of aromatic nitrogens is 6. The second kappa shape index (κ2) is 6.67. The molecule has 1 N–H and O–H groups in total. The van der Waals surface area contributed by atoms with Gasteiger partial charge in [-0.15, -0.1) is 0 Å². The van der Waals surface area contributed by atoms with Crippen LogP contribution >= 0.6 is 0 Å². The van der Waals surface area contributed by atoms with Gasteiger partial charge in [0.15, 0.2) is 11.2 Å². The van der Waals surface area contributed by atoms with Gasteiger partial charge in [0.1, 0.15) is 0 Å². The van der Waals surface area contributed by atoms with E-state index < -0.39 is 0 Å². The zero-order valence-corrected chi connectivity index (χ0v) is 14.9. The molecule has 0 fully saturated rings. The molecule has 25 heavy (non-hydrogen) atoms. The highest BCUT2D eigenvalue weighted by Gasteiger charge is 2.14. The van der Waals surface area contributed by atoms with Crippen LogP contribution in [0.3, 0.4) is 0 Å². The largest absolute Gasteiger partial charge is 0.332 e. The third-order valence-electron chi connectivity index (χ3n) is 4.29. The van der Waals surface area contributed by atoms with E-state index in [1.54, 1.807) is 17.9 Å². The Morgan fingerprint density at radius 3 is 2.68 bits per heavy atom. The van der Waals surface area contributed by atoms with Crippen molar-refractivity contribution in [1.82, 2.24) is 33.8 Å². The molecule has 3 rings (SSSR count). The number of hydrogen-bond donors (Lipinski definition) is 1. The predicted octanol–water partition coefficient (Wildman–Crippen LogP) is -0.383. The minimum Gasteiger partial charge on any atom is -0.323 e. The maximum atomic E-state index is 12.4. The lowest BCUT2D eigenvalue weighted by Gasteiger charge is -2.14. The van der Waals surface area contributed by atoms with Crippen molar-refractivity contribution in [1.29, 1.82) is 0 Å². The number of nitrogens with one attached hydrogen (secondary N) is 1. The van der Waals surface area contributed by atoms with Crippen LogP contribution in [0, 0.1) is 6.92 Å². The Kier molecular flexibility index (Phi) is 4.58. The van der Waals surface area contributed by atoms with E-state index in [0.717, 1.165) is 16.7 Å². The molecule has 3 aromatic rings. The molecule has 134 valence electrons. The second-order valence-corrected chi connectivity index (χ2v) is 6.41. The van der Waals surface area contributed by atoms with E-state index in [2.05, 4.69) is 22.3 Å². The summed E-state index contributed by atoms with van der Waals surface area (Å²) in [5.41, 5.74) is 1.30. The minimum absolute atomic E-state index is 0.237. The highest BCUT2D eigenvalue weighted by molar-refractivity contribution is 5.69. The Hall–Kier alpha value is -2.68. The first-order chi connectivity index (χ1) is 11.9. The molecule has 1 atom stereocenters. The molecular formula is C16H23N7O2. The maximum Gasteiger partial charge on any atom is 0.332 e. The van der Waals surface area contributed by atoms with Crippen molar-refractivity contribution >= 4 is 11.2 Å². The van der Waals surface area contributed by atoms with Crippen LogP contribution < -0.4 is 16.6 Å². The zero-order valence-electron chi connectivity index (χ0n) is 14.9. The monoisotopic (exact) mass is 345 g/mol. The molecule has 9 nitrogen and oxygen atoms in total. The molecule has 0 radical (unpaired) electrons. The molecule has 0 spiro atoms. The maximum absolute atomic E-state index is 12.4. The van der Waals surface area contributed by atoms with E-state index in [4.69, 9.17) is 0 Å². The summed E-state index contributed by atoms with van der Waals surface area (Å²) in [6.07, 6.45) is 5.45. The standard InChI is InChI=1S/C16H23N7O2/c1-11-7-19-23(8-11)9-12(2)17-5-6-22-10-18-14-13(22)15(24)21(4)16(25)20(14)3/h7-8,10,12,17H,5-6,9H2,1-4H3/t12-/m0/s1. The van der Waals surface area contributed by atoms with E-state index >= 15 is 0 Å². The Labute approximate surface area is 144 Å². The third-order valence-corrected chi connectivity index (χ3v) is 4.29. The van der Waals surface area contributed by atoms with Gasteiger partial charge in [-0.1, -0.05) is 0 Å². The van der Waals surface area contributed by atoms with Crippen molar-refractivity contribution < 1.29 is 0 Å². The van der Waals surface area contributed by atoms with Gasteiger partial charge >= 0.3 is 5.69 Å². The van der Waals surface area contributed by atoms with E-state index in [1.807, 2.05) is 24.0 Å². The van der Waals surface area contributed by atoms with Crippen molar-refractivity contribution in [2.75, 3.05) is 6.54 Å². The molecule has 0 unspecified atom stereocenters. The fourth-order valence-electron chi connectivity index (χ4n) is 2.91. The summed E-state index contributed by atoms with van der Waals surface area (Å²) >= 11 is 0. The normalized spacial score (nSPS) is 12.8. The van der Waals surface area contributed by atoms with Crippen LogP contribution in [-0.2, 0) is 27.2 Å². The first-order valence-electron chi connectivity index (χ1n) is 8.21. The highest BCUT2D eigenvalue weighted by Crippen LogP contribution is 2.05. The van der Waals surface area contributed by atoms with Crippen molar-refractivity contribution in [3.05, 3.63) is 45.1 Å². The Bertz CT molecular complexity index is 1010. The third kappa shape index (κ3) is 3.27. The summed E-state index contributed by atoms with van der Waals surface area (Å²) in [5.74, 6) is 0. The number of nitrogens with zero attached hydrogens (tertiary/aromatic N) is 6. The lowest BCUT2D eigenvalue weighted by molar-refractivity contribution is 0.441. The smallest absolute Gasteiger partial charge is 0.323 e. The molecule has 0 saturated carbocycles. The van der Waals surface area contributed by atoms with Crippen LogP contribution in [0.15, 0.2) is 28.3 Å². The molecule has 3 aromatic heterocycles. The van der Waals surface area contributed by atoms with Gasteiger partial charge < -0.3 is 9.88 Å². The number of rotatable bonds is 6. The summed E-state index contributed by atoms with van der Waals surface area (Å²) < 4.78 is 6.19. The summed E-state index contributed by atoms with van der Waals surface area (Å²) in [6, 6.07) is 0.237. The van der Waals surface area contributed by atoms with Gasteiger partial charge in [-0.05, 0) is 19.4 Å². The Balaban J connectivity index is 1.70. The number of hydrogen-bond acceptors (Lipinski definition) is 5. The van der Waals surface area contributed by atoms with Gasteiger partial charge in [0.25, 0.3) is 5.56 Å². The van der Waals surface area contributed by atoms with E-state index in [0.29, 0.717) is 24.3 Å². The summed E-state index contributed by atoms with van der Waals surface area (Å²) in [6.45, 7) is 6.14. The van der Waals surface area contributed by atoms with Crippen LogP contribution in [0.4, 0.5) is 0 Å². The Morgan fingerprint density at radius 1 is 1.24 bits per heavy atom. The zero-order chi connectivity index (χ0) is 18.1. The van der Waals surface area contributed by atoms with Gasteiger partial charge in [0.2, 0.25) is 0 Å². The van der Waals surface area contributed by atoms with Crippen LogP contribution in [-0.4, -0.2) is 41.1 Å². The molecule has 0 saturated heterocycles. The van der Waals surface area contributed by atoms with Gasteiger partial charge in [0, 0.05) is 39.4 Å². The molecule has 0 bridgehead atoms. The molecule has 0 aliphatic rings. The minimum atomic E-state index is -0.371.